The molecule has 0 aliphatic rings. The van der Waals surface area contributed by atoms with Crippen molar-refractivity contribution in [3.05, 3.63) is 53.6 Å². The number of hydrogen-bond donors (Lipinski definition) is 1. The zero-order valence-electron chi connectivity index (χ0n) is 10.4. The third-order valence-corrected chi connectivity index (χ3v) is 2.86. The maximum atomic E-state index is 11.0. The Morgan fingerprint density at radius 3 is 2.26 bits per heavy atom. The molecule has 0 aromatic heterocycles. The minimum Gasteiger partial charge on any atom is -0.496 e. The van der Waals surface area contributed by atoms with Gasteiger partial charge < -0.3 is 10.5 Å². The van der Waals surface area contributed by atoms with Gasteiger partial charge in [-0.1, -0.05) is 18.2 Å². The summed E-state index contributed by atoms with van der Waals surface area (Å²) in [6.07, 6.45) is 0.750. The number of carbonyl (C=O) groups is 2. The molecule has 2 aromatic carbocycles. The van der Waals surface area contributed by atoms with E-state index in [0.29, 0.717) is 16.9 Å². The quantitative estimate of drug-likeness (QED) is 0.852. The number of benzene rings is 2. The molecule has 19 heavy (non-hydrogen) atoms. The molecule has 4 heteroatoms. The number of carbonyl (C=O) groups excluding carboxylic acids is 2. The number of primary amides is 1. The summed E-state index contributed by atoms with van der Waals surface area (Å²) in [5.74, 6) is 0.0716. The Bertz CT molecular complexity index is 618. The third-order valence-electron chi connectivity index (χ3n) is 2.86. The van der Waals surface area contributed by atoms with Crippen molar-refractivity contribution in [3.8, 4) is 16.9 Å². The lowest BCUT2D eigenvalue weighted by molar-refractivity contribution is 0.1000. The topological polar surface area (TPSA) is 69.4 Å². The molecule has 0 saturated heterocycles. The van der Waals surface area contributed by atoms with E-state index in [1.165, 1.54) is 7.11 Å². The molecule has 1 amide bonds. The standard InChI is InChI=1S/C15H13NO3/c1-19-14-7-6-12(8-13(14)9-17)10-2-4-11(5-3-10)15(16)18/h2-9H,1H3,(H2,16,18). The van der Waals surface area contributed by atoms with Crippen LogP contribution in [0.5, 0.6) is 5.75 Å². The largest absolute Gasteiger partial charge is 0.496 e. The second kappa shape index (κ2) is 5.35. The highest BCUT2D eigenvalue weighted by atomic mass is 16.5. The van der Waals surface area contributed by atoms with Gasteiger partial charge in [-0.3, -0.25) is 9.59 Å². The zero-order valence-corrected chi connectivity index (χ0v) is 10.4. The molecule has 2 aromatic rings. The van der Waals surface area contributed by atoms with E-state index in [1.807, 2.05) is 6.07 Å². The van der Waals surface area contributed by atoms with E-state index in [2.05, 4.69) is 0 Å². The fourth-order valence-corrected chi connectivity index (χ4v) is 1.83. The summed E-state index contributed by atoms with van der Waals surface area (Å²) in [5.41, 5.74) is 7.89. The van der Waals surface area contributed by atoms with Crippen LogP contribution in [0.25, 0.3) is 11.1 Å². The lowest BCUT2D eigenvalue weighted by Gasteiger charge is -2.07. The minimum atomic E-state index is -0.463. The van der Waals surface area contributed by atoms with Crippen molar-refractivity contribution in [2.24, 2.45) is 5.73 Å². The second-order valence-corrected chi connectivity index (χ2v) is 4.02. The monoisotopic (exact) mass is 255 g/mol. The van der Waals surface area contributed by atoms with E-state index in [9.17, 15) is 9.59 Å². The normalized spacial score (nSPS) is 9.95. The van der Waals surface area contributed by atoms with Crippen LogP contribution in [0, 0.1) is 0 Å². The van der Waals surface area contributed by atoms with Crippen LogP contribution in [0.15, 0.2) is 42.5 Å². The van der Waals surface area contributed by atoms with Gasteiger partial charge in [-0.2, -0.15) is 0 Å². The highest BCUT2D eigenvalue weighted by Crippen LogP contribution is 2.25. The Hall–Kier alpha value is -2.62. The van der Waals surface area contributed by atoms with Crippen LogP contribution in [0.3, 0.4) is 0 Å². The summed E-state index contributed by atoms with van der Waals surface area (Å²) in [6, 6.07) is 12.2. The number of rotatable bonds is 4. The Morgan fingerprint density at radius 1 is 1.11 bits per heavy atom. The molecule has 0 heterocycles. The summed E-state index contributed by atoms with van der Waals surface area (Å²) in [7, 11) is 1.52. The van der Waals surface area contributed by atoms with Crippen molar-refractivity contribution in [3.63, 3.8) is 0 Å². The number of methoxy groups -OCH3 is 1. The molecule has 0 unspecified atom stereocenters. The van der Waals surface area contributed by atoms with Gasteiger partial charge in [0.15, 0.2) is 6.29 Å². The van der Waals surface area contributed by atoms with E-state index < -0.39 is 5.91 Å². The van der Waals surface area contributed by atoms with E-state index in [0.717, 1.165) is 17.4 Å². The fourth-order valence-electron chi connectivity index (χ4n) is 1.83. The minimum absolute atomic E-state index is 0.452. The Labute approximate surface area is 110 Å². The Morgan fingerprint density at radius 2 is 1.74 bits per heavy atom. The number of ether oxygens (including phenoxy) is 1. The third kappa shape index (κ3) is 2.63. The molecule has 0 fully saturated rings. The summed E-state index contributed by atoms with van der Waals surface area (Å²) in [4.78, 5) is 22.0. The summed E-state index contributed by atoms with van der Waals surface area (Å²) in [5, 5.41) is 0. The van der Waals surface area contributed by atoms with Crippen LogP contribution in [-0.4, -0.2) is 19.3 Å². The Balaban J connectivity index is 2.41. The van der Waals surface area contributed by atoms with Crippen molar-refractivity contribution in [1.29, 1.82) is 0 Å². The molecule has 0 radical (unpaired) electrons. The summed E-state index contributed by atoms with van der Waals surface area (Å²) >= 11 is 0. The maximum absolute atomic E-state index is 11.0. The molecule has 0 saturated carbocycles. The van der Waals surface area contributed by atoms with Gasteiger partial charge in [0.05, 0.1) is 12.7 Å². The number of nitrogens with two attached hydrogens (primary N) is 1. The molecule has 2 rings (SSSR count). The van der Waals surface area contributed by atoms with Crippen LogP contribution in [0.2, 0.25) is 0 Å². The molecule has 2 N–H and O–H groups in total. The predicted molar refractivity (Wildman–Crippen MR) is 72.3 cm³/mol. The van der Waals surface area contributed by atoms with Crippen LogP contribution in [-0.2, 0) is 0 Å². The average Bonchev–Trinajstić information content (AvgIpc) is 2.46. The molecule has 0 aliphatic heterocycles. The first kappa shape index (κ1) is 12.8. The average molecular weight is 255 g/mol. The smallest absolute Gasteiger partial charge is 0.248 e. The van der Waals surface area contributed by atoms with Gasteiger partial charge in [-0.05, 0) is 35.4 Å². The van der Waals surface area contributed by atoms with Gasteiger partial charge in [0.2, 0.25) is 5.91 Å². The van der Waals surface area contributed by atoms with Crippen molar-refractivity contribution in [2.75, 3.05) is 7.11 Å². The molecular weight excluding hydrogens is 242 g/mol. The van der Waals surface area contributed by atoms with E-state index in [1.54, 1.807) is 36.4 Å². The summed E-state index contributed by atoms with van der Waals surface area (Å²) < 4.78 is 5.09. The first-order chi connectivity index (χ1) is 9.15. The maximum Gasteiger partial charge on any atom is 0.248 e. The van der Waals surface area contributed by atoms with Crippen molar-refractivity contribution in [1.82, 2.24) is 0 Å². The molecule has 4 nitrogen and oxygen atoms in total. The molecular formula is C15H13NO3. The van der Waals surface area contributed by atoms with Crippen molar-refractivity contribution >= 4 is 12.2 Å². The first-order valence-electron chi connectivity index (χ1n) is 5.69. The first-order valence-corrected chi connectivity index (χ1v) is 5.69. The SMILES string of the molecule is COc1ccc(-c2ccc(C(N)=O)cc2)cc1C=O. The number of hydrogen-bond acceptors (Lipinski definition) is 3. The van der Waals surface area contributed by atoms with E-state index in [-0.39, 0.29) is 0 Å². The second-order valence-electron chi connectivity index (χ2n) is 4.02. The van der Waals surface area contributed by atoms with Crippen LogP contribution in [0.4, 0.5) is 0 Å². The van der Waals surface area contributed by atoms with Crippen LogP contribution in [0.1, 0.15) is 20.7 Å². The summed E-state index contributed by atoms with van der Waals surface area (Å²) in [6.45, 7) is 0. The zero-order chi connectivity index (χ0) is 13.8. The van der Waals surface area contributed by atoms with Gasteiger partial charge in [0.1, 0.15) is 5.75 Å². The van der Waals surface area contributed by atoms with Crippen molar-refractivity contribution in [2.45, 2.75) is 0 Å². The van der Waals surface area contributed by atoms with Gasteiger partial charge in [-0.15, -0.1) is 0 Å². The lowest BCUT2D eigenvalue weighted by atomic mass is 10.0. The highest BCUT2D eigenvalue weighted by molar-refractivity contribution is 5.93. The molecule has 0 bridgehead atoms. The van der Waals surface area contributed by atoms with E-state index in [4.69, 9.17) is 10.5 Å². The van der Waals surface area contributed by atoms with Crippen LogP contribution >= 0.6 is 0 Å². The molecule has 0 aliphatic carbocycles. The number of aldehydes is 1. The Kier molecular flexibility index (Phi) is 3.61. The molecule has 0 atom stereocenters. The lowest BCUT2D eigenvalue weighted by Crippen LogP contribution is -2.10. The number of amides is 1. The fraction of sp³-hybridized carbons (Fsp3) is 0.0667. The van der Waals surface area contributed by atoms with Gasteiger partial charge in [0, 0.05) is 5.56 Å². The van der Waals surface area contributed by atoms with Gasteiger partial charge in [-0.25, -0.2) is 0 Å². The predicted octanol–water partition coefficient (Wildman–Crippen LogP) is 2.27. The van der Waals surface area contributed by atoms with Gasteiger partial charge >= 0.3 is 0 Å². The van der Waals surface area contributed by atoms with E-state index >= 15 is 0 Å². The van der Waals surface area contributed by atoms with Crippen LogP contribution < -0.4 is 10.5 Å². The highest BCUT2D eigenvalue weighted by Gasteiger charge is 2.06. The van der Waals surface area contributed by atoms with Crippen molar-refractivity contribution < 1.29 is 14.3 Å². The van der Waals surface area contributed by atoms with Gasteiger partial charge in [0.25, 0.3) is 0 Å². The molecule has 0 spiro atoms. The molecule has 96 valence electrons.